The van der Waals surface area contributed by atoms with Crippen molar-refractivity contribution in [1.29, 1.82) is 0 Å². The molecule has 0 bridgehead atoms. The Labute approximate surface area is 130 Å². The van der Waals surface area contributed by atoms with Crippen molar-refractivity contribution in [3.63, 3.8) is 0 Å². The third-order valence-corrected chi connectivity index (χ3v) is 5.01. The molecule has 4 rings (SSSR count). The SMILES string of the molecule is CC(=O)N1CCc2c(nnn2CC2CC2)[C@@H]1COCC1CC1. The fourth-order valence-electron chi connectivity index (χ4n) is 3.26. The Hall–Kier alpha value is -1.43. The summed E-state index contributed by atoms with van der Waals surface area (Å²) in [6.07, 6.45) is 6.03. The molecule has 6 nitrogen and oxygen atoms in total. The van der Waals surface area contributed by atoms with E-state index in [1.54, 1.807) is 6.92 Å². The molecule has 0 spiro atoms. The molecule has 6 heteroatoms. The van der Waals surface area contributed by atoms with Crippen molar-refractivity contribution in [2.45, 2.75) is 51.6 Å². The van der Waals surface area contributed by atoms with E-state index in [1.165, 1.54) is 31.4 Å². The molecule has 1 atom stereocenters. The Morgan fingerprint density at radius 3 is 2.68 bits per heavy atom. The summed E-state index contributed by atoms with van der Waals surface area (Å²) in [5.41, 5.74) is 2.17. The van der Waals surface area contributed by atoms with Gasteiger partial charge in [0.05, 0.1) is 12.3 Å². The summed E-state index contributed by atoms with van der Waals surface area (Å²) in [7, 11) is 0. The van der Waals surface area contributed by atoms with E-state index in [4.69, 9.17) is 4.74 Å². The monoisotopic (exact) mass is 304 g/mol. The van der Waals surface area contributed by atoms with Gasteiger partial charge in [-0.05, 0) is 37.5 Å². The molecule has 2 saturated carbocycles. The maximum Gasteiger partial charge on any atom is 0.220 e. The largest absolute Gasteiger partial charge is 0.379 e. The summed E-state index contributed by atoms with van der Waals surface area (Å²) < 4.78 is 7.93. The normalized spacial score (nSPS) is 24.4. The molecule has 2 aliphatic carbocycles. The van der Waals surface area contributed by atoms with Crippen LogP contribution in [0.2, 0.25) is 0 Å². The second kappa shape index (κ2) is 5.65. The summed E-state index contributed by atoms with van der Waals surface area (Å²) in [6, 6.07) is -0.0621. The van der Waals surface area contributed by atoms with E-state index in [2.05, 4.69) is 15.0 Å². The lowest BCUT2D eigenvalue weighted by molar-refractivity contribution is -0.133. The minimum Gasteiger partial charge on any atom is -0.379 e. The highest BCUT2D eigenvalue weighted by molar-refractivity contribution is 5.74. The number of rotatable bonds is 6. The average Bonchev–Trinajstić information content (AvgIpc) is 3.40. The molecule has 3 aliphatic rings. The molecule has 120 valence electrons. The first-order valence-corrected chi connectivity index (χ1v) is 8.49. The van der Waals surface area contributed by atoms with E-state index in [-0.39, 0.29) is 11.9 Å². The van der Waals surface area contributed by atoms with Crippen LogP contribution in [0.25, 0.3) is 0 Å². The van der Waals surface area contributed by atoms with Crippen LogP contribution in [0.5, 0.6) is 0 Å². The number of carbonyl (C=O) groups is 1. The van der Waals surface area contributed by atoms with Gasteiger partial charge >= 0.3 is 0 Å². The third-order valence-electron chi connectivity index (χ3n) is 5.01. The first-order valence-electron chi connectivity index (χ1n) is 8.49. The van der Waals surface area contributed by atoms with E-state index < -0.39 is 0 Å². The van der Waals surface area contributed by atoms with Crippen molar-refractivity contribution in [2.24, 2.45) is 11.8 Å². The number of fused-ring (bicyclic) bond motifs is 1. The van der Waals surface area contributed by atoms with Crippen LogP contribution in [0.3, 0.4) is 0 Å². The van der Waals surface area contributed by atoms with Gasteiger partial charge in [-0.3, -0.25) is 4.79 Å². The van der Waals surface area contributed by atoms with Crippen LogP contribution in [-0.2, 0) is 22.5 Å². The highest BCUT2D eigenvalue weighted by atomic mass is 16.5. The van der Waals surface area contributed by atoms with Gasteiger partial charge in [-0.15, -0.1) is 5.10 Å². The second-order valence-corrected chi connectivity index (χ2v) is 7.01. The van der Waals surface area contributed by atoms with Gasteiger partial charge in [0, 0.05) is 33.0 Å². The lowest BCUT2D eigenvalue weighted by Gasteiger charge is -2.34. The van der Waals surface area contributed by atoms with Gasteiger partial charge in [0.15, 0.2) is 0 Å². The van der Waals surface area contributed by atoms with Gasteiger partial charge in [0.2, 0.25) is 5.91 Å². The van der Waals surface area contributed by atoms with Crippen molar-refractivity contribution in [3.8, 4) is 0 Å². The predicted octanol–water partition coefficient (Wildman–Crippen LogP) is 1.56. The van der Waals surface area contributed by atoms with Crippen LogP contribution < -0.4 is 0 Å². The smallest absolute Gasteiger partial charge is 0.220 e. The molecule has 0 saturated heterocycles. The Morgan fingerprint density at radius 2 is 2.00 bits per heavy atom. The third kappa shape index (κ3) is 2.89. The summed E-state index contributed by atoms with van der Waals surface area (Å²) in [5.74, 6) is 1.61. The van der Waals surface area contributed by atoms with Gasteiger partial charge in [0.25, 0.3) is 0 Å². The molecule has 0 aromatic carbocycles. The minimum absolute atomic E-state index is 0.0621. The van der Waals surface area contributed by atoms with E-state index in [9.17, 15) is 4.79 Å². The summed E-state index contributed by atoms with van der Waals surface area (Å²) >= 11 is 0. The van der Waals surface area contributed by atoms with E-state index in [0.29, 0.717) is 6.61 Å². The average molecular weight is 304 g/mol. The summed E-state index contributed by atoms with van der Waals surface area (Å²) in [4.78, 5) is 13.8. The molecular weight excluding hydrogens is 280 g/mol. The van der Waals surface area contributed by atoms with Crippen LogP contribution in [0, 0.1) is 11.8 Å². The van der Waals surface area contributed by atoms with Gasteiger partial charge < -0.3 is 9.64 Å². The molecule has 1 aromatic heterocycles. The van der Waals surface area contributed by atoms with Crippen LogP contribution in [-0.4, -0.2) is 45.6 Å². The Bertz CT molecular complexity index is 562. The molecule has 1 aromatic rings. The Morgan fingerprint density at radius 1 is 1.23 bits per heavy atom. The maximum absolute atomic E-state index is 11.9. The highest BCUT2D eigenvalue weighted by Crippen LogP contribution is 2.34. The number of aromatic nitrogens is 3. The standard InChI is InChI=1S/C16H24N4O2/c1-11(21)19-7-6-14-16(15(19)10-22-9-13-4-5-13)17-18-20(14)8-12-2-3-12/h12-13,15H,2-10H2,1H3/t15-/m0/s1. The first-order chi connectivity index (χ1) is 10.7. The van der Waals surface area contributed by atoms with Crippen molar-refractivity contribution < 1.29 is 9.53 Å². The Kier molecular flexibility index (Phi) is 3.64. The molecule has 22 heavy (non-hydrogen) atoms. The zero-order valence-corrected chi connectivity index (χ0v) is 13.2. The van der Waals surface area contributed by atoms with Gasteiger partial charge in [-0.1, -0.05) is 5.21 Å². The first kappa shape index (κ1) is 14.2. The zero-order valence-electron chi connectivity index (χ0n) is 13.2. The minimum atomic E-state index is -0.0621. The predicted molar refractivity (Wildman–Crippen MR) is 80.1 cm³/mol. The van der Waals surface area contributed by atoms with Crippen LogP contribution in [0.15, 0.2) is 0 Å². The molecule has 0 radical (unpaired) electrons. The zero-order chi connectivity index (χ0) is 15.1. The number of amides is 1. The topological polar surface area (TPSA) is 60.2 Å². The van der Waals surface area contributed by atoms with Crippen molar-refractivity contribution in [3.05, 3.63) is 11.4 Å². The van der Waals surface area contributed by atoms with Gasteiger partial charge in [0.1, 0.15) is 11.7 Å². The van der Waals surface area contributed by atoms with Gasteiger partial charge in [-0.25, -0.2) is 4.68 Å². The fourth-order valence-corrected chi connectivity index (χ4v) is 3.26. The van der Waals surface area contributed by atoms with Crippen molar-refractivity contribution in [1.82, 2.24) is 19.9 Å². The van der Waals surface area contributed by atoms with Crippen molar-refractivity contribution in [2.75, 3.05) is 19.8 Å². The van der Waals surface area contributed by atoms with E-state index >= 15 is 0 Å². The maximum atomic E-state index is 11.9. The molecule has 2 fully saturated rings. The van der Waals surface area contributed by atoms with Crippen LogP contribution in [0.4, 0.5) is 0 Å². The number of carbonyl (C=O) groups excluding carboxylic acids is 1. The number of nitrogens with zero attached hydrogens (tertiary/aromatic N) is 4. The summed E-state index contributed by atoms with van der Waals surface area (Å²) in [6.45, 7) is 4.72. The quantitative estimate of drug-likeness (QED) is 0.800. The molecule has 2 heterocycles. The molecule has 0 unspecified atom stereocenters. The number of ether oxygens (including phenoxy) is 1. The fraction of sp³-hybridized carbons (Fsp3) is 0.812. The Balaban J connectivity index is 1.51. The number of hydrogen-bond donors (Lipinski definition) is 0. The molecule has 1 aliphatic heterocycles. The highest BCUT2D eigenvalue weighted by Gasteiger charge is 2.35. The lowest BCUT2D eigenvalue weighted by atomic mass is 10.0. The molecule has 0 N–H and O–H groups in total. The lowest BCUT2D eigenvalue weighted by Crippen LogP contribution is -2.41. The number of hydrogen-bond acceptors (Lipinski definition) is 4. The summed E-state index contributed by atoms with van der Waals surface area (Å²) in [5, 5.41) is 8.75. The molecule has 1 amide bonds. The van der Waals surface area contributed by atoms with Gasteiger partial charge in [-0.2, -0.15) is 0 Å². The van der Waals surface area contributed by atoms with Crippen molar-refractivity contribution >= 4 is 5.91 Å². The van der Waals surface area contributed by atoms with E-state index in [1.807, 2.05) is 4.90 Å². The van der Waals surface area contributed by atoms with E-state index in [0.717, 1.165) is 43.6 Å². The van der Waals surface area contributed by atoms with Crippen LogP contribution in [0.1, 0.15) is 50.0 Å². The second-order valence-electron chi connectivity index (χ2n) is 7.01. The molecular formula is C16H24N4O2. The van der Waals surface area contributed by atoms with Crippen LogP contribution >= 0.6 is 0 Å².